The number of piperazine rings is 1. The number of hydrogen-bond donors (Lipinski definition) is 1. The van der Waals surface area contributed by atoms with Gasteiger partial charge in [0.05, 0.1) is 12.7 Å². The lowest BCUT2D eigenvalue weighted by Gasteiger charge is -2.35. The summed E-state index contributed by atoms with van der Waals surface area (Å²) in [5, 5.41) is 2.68. The van der Waals surface area contributed by atoms with Crippen LogP contribution in [0.4, 0.5) is 0 Å². The Hall–Kier alpha value is -3.24. The molecule has 0 unspecified atom stereocenters. The average molecular weight is 516 g/mol. The predicted molar refractivity (Wildman–Crippen MR) is 137 cm³/mol. The highest BCUT2D eigenvalue weighted by molar-refractivity contribution is 7.88. The van der Waals surface area contributed by atoms with Crippen LogP contribution in [-0.2, 0) is 24.3 Å². The monoisotopic (exact) mass is 515 g/mol. The summed E-state index contributed by atoms with van der Waals surface area (Å²) < 4.78 is 30.3. The highest BCUT2D eigenvalue weighted by atomic mass is 32.2. The van der Waals surface area contributed by atoms with E-state index in [0.29, 0.717) is 5.56 Å². The third-order valence-electron chi connectivity index (χ3n) is 5.67. The molecule has 1 atom stereocenters. The van der Waals surface area contributed by atoms with Crippen LogP contribution < -0.4 is 5.32 Å². The molecule has 0 aliphatic carbocycles. The first-order valence-electron chi connectivity index (χ1n) is 11.8. The summed E-state index contributed by atoms with van der Waals surface area (Å²) in [6.45, 7) is 5.80. The first-order valence-corrected chi connectivity index (χ1v) is 13.6. The number of nitrogens with one attached hydrogen (secondary N) is 1. The Kier molecular flexibility index (Phi) is 8.52. The first kappa shape index (κ1) is 27.3. The number of ether oxygens (including phenoxy) is 1. The third-order valence-corrected chi connectivity index (χ3v) is 6.97. The molecule has 9 nitrogen and oxygen atoms in total. The fraction of sp³-hybridized carbons (Fsp3) is 0.423. The summed E-state index contributed by atoms with van der Waals surface area (Å²) in [5.74, 6) is -1.56. The van der Waals surface area contributed by atoms with Gasteiger partial charge in [-0.3, -0.25) is 14.4 Å². The molecule has 0 spiro atoms. The number of carbonyl (C=O) groups is 3. The van der Waals surface area contributed by atoms with Crippen molar-refractivity contribution in [2.75, 3.05) is 32.4 Å². The molecule has 36 heavy (non-hydrogen) atoms. The lowest BCUT2D eigenvalue weighted by molar-refractivity contribution is -0.157. The van der Waals surface area contributed by atoms with Crippen LogP contribution in [0.5, 0.6) is 0 Å². The van der Waals surface area contributed by atoms with Gasteiger partial charge in [-0.05, 0) is 44.0 Å². The molecule has 10 heteroatoms. The number of esters is 1. The molecule has 2 aromatic carbocycles. The van der Waals surface area contributed by atoms with E-state index in [4.69, 9.17) is 4.74 Å². The molecule has 1 fully saturated rings. The lowest BCUT2D eigenvalue weighted by Crippen LogP contribution is -2.56. The number of sulfonamides is 1. The second-order valence-corrected chi connectivity index (χ2v) is 11.7. The summed E-state index contributed by atoms with van der Waals surface area (Å²) in [6.07, 6.45) is 0.787. The summed E-state index contributed by atoms with van der Waals surface area (Å²) in [7, 11) is -3.36. The van der Waals surface area contributed by atoms with Crippen molar-refractivity contribution in [2.45, 2.75) is 38.8 Å². The van der Waals surface area contributed by atoms with Crippen molar-refractivity contribution in [1.29, 1.82) is 0 Å². The van der Waals surface area contributed by atoms with E-state index in [1.54, 1.807) is 32.9 Å². The van der Waals surface area contributed by atoms with Crippen molar-refractivity contribution in [2.24, 2.45) is 0 Å². The number of carbonyl (C=O) groups excluding carboxylic acids is 3. The summed E-state index contributed by atoms with van der Waals surface area (Å²) in [5.41, 5.74) is 1.55. The van der Waals surface area contributed by atoms with Crippen LogP contribution in [0.15, 0.2) is 54.6 Å². The van der Waals surface area contributed by atoms with Crippen molar-refractivity contribution >= 4 is 27.8 Å². The quantitative estimate of drug-likeness (QED) is 0.566. The molecule has 1 heterocycles. The maximum absolute atomic E-state index is 13.3. The van der Waals surface area contributed by atoms with Gasteiger partial charge in [0.25, 0.3) is 5.91 Å². The van der Waals surface area contributed by atoms with Crippen molar-refractivity contribution < 1.29 is 27.5 Å². The molecule has 2 aromatic rings. The Morgan fingerprint density at radius 1 is 0.917 bits per heavy atom. The molecule has 0 radical (unpaired) electrons. The SMILES string of the molecule is CC(C)(C)OC(=O)C[C@H](NC(=O)c1ccc(-c2ccccc2)cc1)C(=O)N1CCN(S(C)(=O)=O)CC1. The zero-order valence-corrected chi connectivity index (χ0v) is 21.9. The largest absolute Gasteiger partial charge is 0.460 e. The summed E-state index contributed by atoms with van der Waals surface area (Å²) >= 11 is 0. The van der Waals surface area contributed by atoms with E-state index in [2.05, 4.69) is 5.32 Å². The van der Waals surface area contributed by atoms with Gasteiger partial charge in [-0.25, -0.2) is 8.42 Å². The topological polar surface area (TPSA) is 113 Å². The fourth-order valence-corrected chi connectivity index (χ4v) is 4.72. The Balaban J connectivity index is 1.74. The van der Waals surface area contributed by atoms with Crippen LogP contribution in [0.2, 0.25) is 0 Å². The number of rotatable bonds is 7. The number of nitrogens with zero attached hydrogens (tertiary/aromatic N) is 2. The van der Waals surface area contributed by atoms with E-state index in [1.807, 2.05) is 42.5 Å². The summed E-state index contributed by atoms with van der Waals surface area (Å²) in [6, 6.07) is 15.5. The van der Waals surface area contributed by atoms with Gasteiger partial charge in [0, 0.05) is 31.7 Å². The third kappa shape index (κ3) is 7.63. The zero-order valence-electron chi connectivity index (χ0n) is 21.1. The molecule has 1 aliphatic heterocycles. The second kappa shape index (κ2) is 11.2. The minimum absolute atomic E-state index is 0.151. The van der Waals surface area contributed by atoms with Crippen molar-refractivity contribution in [3.05, 3.63) is 60.2 Å². The maximum atomic E-state index is 13.3. The Bertz CT molecular complexity index is 1180. The van der Waals surface area contributed by atoms with Crippen LogP contribution >= 0.6 is 0 Å². The predicted octanol–water partition coefficient (Wildman–Crippen LogP) is 2.29. The van der Waals surface area contributed by atoms with E-state index in [0.717, 1.165) is 17.4 Å². The van der Waals surface area contributed by atoms with Gasteiger partial charge in [-0.1, -0.05) is 42.5 Å². The molecule has 1 N–H and O–H groups in total. The van der Waals surface area contributed by atoms with Gasteiger partial charge < -0.3 is 15.0 Å². The molecule has 1 aliphatic rings. The molecule has 0 aromatic heterocycles. The fourth-order valence-electron chi connectivity index (χ4n) is 3.90. The van der Waals surface area contributed by atoms with E-state index in [1.165, 1.54) is 9.21 Å². The Morgan fingerprint density at radius 2 is 1.47 bits per heavy atom. The van der Waals surface area contributed by atoms with Crippen LogP contribution in [0.1, 0.15) is 37.6 Å². The lowest BCUT2D eigenvalue weighted by atomic mass is 10.0. The molecule has 2 amide bonds. The number of benzene rings is 2. The highest BCUT2D eigenvalue weighted by Gasteiger charge is 2.33. The Morgan fingerprint density at radius 3 is 2.00 bits per heavy atom. The minimum atomic E-state index is -3.36. The molecular formula is C26H33N3O6S. The van der Waals surface area contributed by atoms with Crippen molar-refractivity contribution in [1.82, 2.24) is 14.5 Å². The van der Waals surface area contributed by atoms with Gasteiger partial charge in [-0.2, -0.15) is 4.31 Å². The first-order chi connectivity index (χ1) is 16.8. The Labute approximate surface area is 212 Å². The number of amides is 2. The second-order valence-electron chi connectivity index (χ2n) is 9.75. The smallest absolute Gasteiger partial charge is 0.308 e. The van der Waals surface area contributed by atoms with E-state index >= 15 is 0 Å². The normalized spacial score (nSPS) is 15.7. The maximum Gasteiger partial charge on any atom is 0.308 e. The molecule has 194 valence electrons. The van der Waals surface area contributed by atoms with Gasteiger partial charge in [-0.15, -0.1) is 0 Å². The average Bonchev–Trinajstić information content (AvgIpc) is 2.82. The van der Waals surface area contributed by atoms with Crippen molar-refractivity contribution in [3.63, 3.8) is 0 Å². The standard InChI is InChI=1S/C26H33N3O6S/c1-26(2,3)35-23(30)18-22(25(32)28-14-16-29(17-15-28)36(4,33)34)27-24(31)21-12-10-20(11-13-21)19-8-6-5-7-9-19/h5-13,22H,14-18H2,1-4H3,(H,27,31)/t22-/m0/s1. The molecule has 3 rings (SSSR count). The van der Waals surface area contributed by atoms with Gasteiger partial charge in [0.2, 0.25) is 15.9 Å². The van der Waals surface area contributed by atoms with Gasteiger partial charge in [0.1, 0.15) is 11.6 Å². The van der Waals surface area contributed by atoms with Crippen molar-refractivity contribution in [3.8, 4) is 11.1 Å². The van der Waals surface area contributed by atoms with E-state index < -0.39 is 39.4 Å². The molecule has 0 saturated carbocycles. The van der Waals surface area contributed by atoms with Gasteiger partial charge in [0.15, 0.2) is 0 Å². The molecule has 0 bridgehead atoms. The van der Waals surface area contributed by atoms with Crippen LogP contribution in [-0.4, -0.2) is 79.5 Å². The molecule has 1 saturated heterocycles. The minimum Gasteiger partial charge on any atom is -0.460 e. The molecular weight excluding hydrogens is 482 g/mol. The van der Waals surface area contributed by atoms with Crippen LogP contribution in [0, 0.1) is 0 Å². The van der Waals surface area contributed by atoms with Crippen LogP contribution in [0.3, 0.4) is 0 Å². The van der Waals surface area contributed by atoms with E-state index in [9.17, 15) is 22.8 Å². The van der Waals surface area contributed by atoms with Crippen LogP contribution in [0.25, 0.3) is 11.1 Å². The highest BCUT2D eigenvalue weighted by Crippen LogP contribution is 2.20. The summed E-state index contributed by atoms with van der Waals surface area (Å²) in [4.78, 5) is 40.3. The zero-order chi connectivity index (χ0) is 26.5. The number of hydrogen-bond acceptors (Lipinski definition) is 6. The van der Waals surface area contributed by atoms with Gasteiger partial charge >= 0.3 is 5.97 Å². The van der Waals surface area contributed by atoms with E-state index in [-0.39, 0.29) is 32.6 Å².